The number of benzene rings is 1. The highest BCUT2D eigenvalue weighted by atomic mass is 35.5. The summed E-state index contributed by atoms with van der Waals surface area (Å²) in [6, 6.07) is 4.62. The van der Waals surface area contributed by atoms with Crippen LogP contribution in [0.4, 0.5) is 0 Å². The van der Waals surface area contributed by atoms with Crippen molar-refractivity contribution < 1.29 is 13.5 Å². The third-order valence-electron chi connectivity index (χ3n) is 2.71. The van der Waals surface area contributed by atoms with E-state index in [0.717, 1.165) is 9.87 Å². The molecule has 0 radical (unpaired) electrons. The van der Waals surface area contributed by atoms with Crippen LogP contribution < -0.4 is 5.32 Å². The fourth-order valence-electron chi connectivity index (χ4n) is 1.74. The minimum atomic E-state index is -3.68. The van der Waals surface area contributed by atoms with Gasteiger partial charge in [0, 0.05) is 24.7 Å². The van der Waals surface area contributed by atoms with Crippen molar-refractivity contribution in [2.45, 2.75) is 11.4 Å². The fourth-order valence-corrected chi connectivity index (χ4v) is 3.48. The molecule has 0 amide bonds. The van der Waals surface area contributed by atoms with Crippen LogP contribution in [0.25, 0.3) is 0 Å². The van der Waals surface area contributed by atoms with Gasteiger partial charge in [-0.15, -0.1) is 6.58 Å². The Labute approximate surface area is 124 Å². The Kier molecular flexibility index (Phi) is 6.64. The number of aliphatic hydroxyl groups is 1. The smallest absolute Gasteiger partial charge is 0.243 e. The van der Waals surface area contributed by atoms with Crippen LogP contribution >= 0.6 is 11.6 Å². The first-order chi connectivity index (χ1) is 9.47. The molecule has 7 heteroatoms. The lowest BCUT2D eigenvalue weighted by molar-refractivity contribution is 0.260. The van der Waals surface area contributed by atoms with E-state index in [9.17, 15) is 8.42 Å². The Bertz CT molecular complexity index is 561. The van der Waals surface area contributed by atoms with Gasteiger partial charge in [0.05, 0.1) is 11.5 Å². The van der Waals surface area contributed by atoms with Crippen molar-refractivity contribution in [3.8, 4) is 0 Å². The van der Waals surface area contributed by atoms with Crippen molar-refractivity contribution in [3.05, 3.63) is 41.4 Å². The van der Waals surface area contributed by atoms with E-state index >= 15 is 0 Å². The molecule has 112 valence electrons. The molecule has 1 aromatic rings. The van der Waals surface area contributed by atoms with E-state index in [-0.39, 0.29) is 24.6 Å². The third kappa shape index (κ3) is 4.04. The van der Waals surface area contributed by atoms with E-state index in [1.54, 1.807) is 13.1 Å². The molecule has 0 aromatic heterocycles. The van der Waals surface area contributed by atoms with E-state index in [0.29, 0.717) is 11.6 Å². The first kappa shape index (κ1) is 17.1. The maximum atomic E-state index is 12.4. The molecule has 0 saturated heterocycles. The monoisotopic (exact) mass is 318 g/mol. The van der Waals surface area contributed by atoms with Crippen molar-refractivity contribution in [1.82, 2.24) is 9.62 Å². The first-order valence-corrected chi connectivity index (χ1v) is 7.94. The van der Waals surface area contributed by atoms with Gasteiger partial charge in [0.15, 0.2) is 0 Å². The number of rotatable bonds is 8. The number of halogens is 1. The summed E-state index contributed by atoms with van der Waals surface area (Å²) in [5, 5.41) is 12.3. The van der Waals surface area contributed by atoms with Crippen LogP contribution in [0.15, 0.2) is 35.7 Å². The highest BCUT2D eigenvalue weighted by Gasteiger charge is 2.23. The van der Waals surface area contributed by atoms with E-state index in [4.69, 9.17) is 16.7 Å². The number of nitrogens with zero attached hydrogens (tertiary/aromatic N) is 1. The second kappa shape index (κ2) is 7.75. The van der Waals surface area contributed by atoms with E-state index < -0.39 is 10.0 Å². The van der Waals surface area contributed by atoms with Crippen molar-refractivity contribution in [3.63, 3.8) is 0 Å². The maximum Gasteiger partial charge on any atom is 0.243 e. The van der Waals surface area contributed by atoms with Crippen molar-refractivity contribution >= 4 is 21.6 Å². The van der Waals surface area contributed by atoms with Crippen molar-refractivity contribution in [2.24, 2.45) is 0 Å². The summed E-state index contributed by atoms with van der Waals surface area (Å²) >= 11 is 6.08. The quantitative estimate of drug-likeness (QED) is 0.707. The molecule has 0 bridgehead atoms. The average Bonchev–Trinajstić information content (AvgIpc) is 2.41. The summed E-state index contributed by atoms with van der Waals surface area (Å²) in [5.41, 5.74) is 0.825. The lowest BCUT2D eigenvalue weighted by atomic mass is 10.2. The zero-order chi connectivity index (χ0) is 15.2. The molecule has 0 heterocycles. The highest BCUT2D eigenvalue weighted by Crippen LogP contribution is 2.23. The second-order valence-electron chi connectivity index (χ2n) is 4.16. The van der Waals surface area contributed by atoms with Crippen LogP contribution in [-0.2, 0) is 16.6 Å². The third-order valence-corrected chi connectivity index (χ3v) is 4.92. The van der Waals surface area contributed by atoms with E-state index in [1.165, 1.54) is 18.2 Å². The average molecular weight is 319 g/mol. The summed E-state index contributed by atoms with van der Waals surface area (Å²) in [4.78, 5) is 0.109. The number of aliphatic hydroxyl groups excluding tert-OH is 1. The van der Waals surface area contributed by atoms with Crippen LogP contribution in [0.3, 0.4) is 0 Å². The normalized spacial score (nSPS) is 11.8. The second-order valence-corrected chi connectivity index (χ2v) is 6.50. The van der Waals surface area contributed by atoms with Gasteiger partial charge < -0.3 is 10.4 Å². The van der Waals surface area contributed by atoms with Crippen LogP contribution in [0, 0.1) is 0 Å². The highest BCUT2D eigenvalue weighted by molar-refractivity contribution is 7.89. The van der Waals surface area contributed by atoms with Gasteiger partial charge in [-0.25, -0.2) is 8.42 Å². The van der Waals surface area contributed by atoms with Gasteiger partial charge in [-0.05, 0) is 24.7 Å². The molecule has 5 nitrogen and oxygen atoms in total. The largest absolute Gasteiger partial charge is 0.395 e. The molecule has 0 saturated carbocycles. The molecule has 0 spiro atoms. The Balaban J connectivity index is 3.13. The number of nitrogens with one attached hydrogen (secondary N) is 1. The summed E-state index contributed by atoms with van der Waals surface area (Å²) < 4.78 is 26.0. The molecule has 20 heavy (non-hydrogen) atoms. The van der Waals surface area contributed by atoms with Crippen LogP contribution in [0.1, 0.15) is 5.56 Å². The Morgan fingerprint density at radius 1 is 1.50 bits per heavy atom. The molecule has 0 aliphatic carbocycles. The lowest BCUT2D eigenvalue weighted by Gasteiger charge is -2.20. The summed E-state index contributed by atoms with van der Waals surface area (Å²) in [7, 11) is -1.90. The molecule has 0 aliphatic heterocycles. The molecule has 2 N–H and O–H groups in total. The molecule has 0 fully saturated rings. The van der Waals surface area contributed by atoms with E-state index in [1.807, 2.05) is 0 Å². The molecule has 0 unspecified atom stereocenters. The van der Waals surface area contributed by atoms with Gasteiger partial charge in [0.2, 0.25) is 10.0 Å². The Morgan fingerprint density at radius 3 is 2.70 bits per heavy atom. The zero-order valence-electron chi connectivity index (χ0n) is 11.3. The van der Waals surface area contributed by atoms with Gasteiger partial charge >= 0.3 is 0 Å². The Morgan fingerprint density at radius 2 is 2.20 bits per heavy atom. The predicted octanol–water partition coefficient (Wildman–Crippen LogP) is 1.23. The van der Waals surface area contributed by atoms with Gasteiger partial charge in [0.25, 0.3) is 0 Å². The topological polar surface area (TPSA) is 69.6 Å². The molecular formula is C13H19ClN2O3S. The van der Waals surface area contributed by atoms with Crippen molar-refractivity contribution in [1.29, 1.82) is 0 Å². The minimum Gasteiger partial charge on any atom is -0.395 e. The molecule has 1 aromatic carbocycles. The first-order valence-electron chi connectivity index (χ1n) is 6.12. The van der Waals surface area contributed by atoms with Gasteiger partial charge in [-0.1, -0.05) is 23.7 Å². The molecule has 0 atom stereocenters. The standard InChI is InChI=1S/C13H19ClN2O3S/c1-3-6-16(7-8-17)20(18,19)12-5-4-11(10-15-2)13(14)9-12/h3-5,9,15,17H,1,6-8,10H2,2H3. The molecule has 0 aliphatic rings. The van der Waals surface area contributed by atoms with Crippen LogP contribution in [0.2, 0.25) is 5.02 Å². The number of hydrogen-bond donors (Lipinski definition) is 2. The van der Waals surface area contributed by atoms with Crippen LogP contribution in [0.5, 0.6) is 0 Å². The minimum absolute atomic E-state index is 0.0181. The fraction of sp³-hybridized carbons (Fsp3) is 0.385. The lowest BCUT2D eigenvalue weighted by Crippen LogP contribution is -2.33. The van der Waals surface area contributed by atoms with Crippen molar-refractivity contribution in [2.75, 3.05) is 26.7 Å². The van der Waals surface area contributed by atoms with Gasteiger partial charge in [0.1, 0.15) is 0 Å². The summed E-state index contributed by atoms with van der Waals surface area (Å²) in [6.07, 6.45) is 1.48. The molecule has 1 rings (SSSR count). The number of sulfonamides is 1. The number of hydrogen-bond acceptors (Lipinski definition) is 4. The summed E-state index contributed by atoms with van der Waals surface area (Å²) in [5.74, 6) is 0. The SMILES string of the molecule is C=CCN(CCO)S(=O)(=O)c1ccc(CNC)c(Cl)c1. The van der Waals surface area contributed by atoms with E-state index in [2.05, 4.69) is 11.9 Å². The zero-order valence-corrected chi connectivity index (χ0v) is 12.9. The van der Waals surface area contributed by atoms with Gasteiger partial charge in [-0.3, -0.25) is 0 Å². The molecular weight excluding hydrogens is 300 g/mol. The predicted molar refractivity (Wildman–Crippen MR) is 80.3 cm³/mol. The summed E-state index contributed by atoms with van der Waals surface area (Å²) in [6.45, 7) is 3.99. The van der Waals surface area contributed by atoms with Crippen LogP contribution in [-0.4, -0.2) is 44.6 Å². The van der Waals surface area contributed by atoms with Gasteiger partial charge in [-0.2, -0.15) is 4.31 Å². The Hall–Kier alpha value is -0.920. The maximum absolute atomic E-state index is 12.4.